The van der Waals surface area contributed by atoms with Crippen molar-refractivity contribution in [2.24, 2.45) is 0 Å². The highest BCUT2D eigenvalue weighted by Gasteiger charge is 2.08. The molecule has 3 aromatic rings. The molecule has 0 saturated carbocycles. The van der Waals surface area contributed by atoms with Crippen LogP contribution in [0.1, 0.15) is 21.6 Å². The highest BCUT2D eigenvalue weighted by atomic mass is 35.5. The van der Waals surface area contributed by atoms with Crippen LogP contribution >= 0.6 is 11.6 Å². The van der Waals surface area contributed by atoms with Gasteiger partial charge in [0.15, 0.2) is 0 Å². The van der Waals surface area contributed by atoms with Gasteiger partial charge in [-0.15, -0.1) is 0 Å². The van der Waals surface area contributed by atoms with E-state index in [1.807, 2.05) is 24.3 Å². The monoisotopic (exact) mass is 398 g/mol. The van der Waals surface area contributed by atoms with Gasteiger partial charge in [-0.1, -0.05) is 35.9 Å². The van der Waals surface area contributed by atoms with Gasteiger partial charge in [0.25, 0.3) is 5.91 Å². The molecule has 2 N–H and O–H groups in total. The number of aromatic nitrogens is 2. The van der Waals surface area contributed by atoms with Gasteiger partial charge < -0.3 is 10.6 Å². The highest BCUT2D eigenvalue weighted by molar-refractivity contribution is 6.30. The Labute approximate surface area is 168 Å². The van der Waals surface area contributed by atoms with Gasteiger partial charge in [-0.05, 0) is 48.2 Å². The Bertz CT molecular complexity index is 934. The Balaban J connectivity index is 1.47. The third-order valence-corrected chi connectivity index (χ3v) is 4.36. The van der Waals surface area contributed by atoms with Gasteiger partial charge in [-0.25, -0.2) is 14.4 Å². The minimum Gasteiger partial charge on any atom is -0.370 e. The second-order valence-corrected chi connectivity index (χ2v) is 6.66. The van der Waals surface area contributed by atoms with Crippen LogP contribution in [0, 0.1) is 5.82 Å². The number of nitrogens with one attached hydrogen (secondary N) is 2. The van der Waals surface area contributed by atoms with Gasteiger partial charge in [0.1, 0.15) is 23.7 Å². The summed E-state index contributed by atoms with van der Waals surface area (Å²) in [5.74, 6) is 0.0345. The summed E-state index contributed by atoms with van der Waals surface area (Å²) in [5, 5.41) is 6.70. The van der Waals surface area contributed by atoms with E-state index in [0.717, 1.165) is 17.5 Å². The smallest absolute Gasteiger partial charge is 0.270 e. The topological polar surface area (TPSA) is 66.9 Å². The molecular formula is C21H20ClFN4O. The summed E-state index contributed by atoms with van der Waals surface area (Å²) in [6.07, 6.45) is 2.75. The Morgan fingerprint density at radius 3 is 2.54 bits per heavy atom. The SMILES string of the molecule is O=C(NCCc1ccc(F)cc1)c1cc(NCCc2cccc(Cl)c2)ncn1. The van der Waals surface area contributed by atoms with Crippen molar-refractivity contribution in [3.8, 4) is 0 Å². The zero-order valence-corrected chi connectivity index (χ0v) is 15.9. The van der Waals surface area contributed by atoms with E-state index in [-0.39, 0.29) is 11.7 Å². The van der Waals surface area contributed by atoms with Gasteiger partial charge in [0.05, 0.1) is 0 Å². The van der Waals surface area contributed by atoms with Crippen molar-refractivity contribution in [3.05, 3.63) is 88.6 Å². The fraction of sp³-hybridized carbons (Fsp3) is 0.190. The molecule has 1 aromatic heterocycles. The first kappa shape index (κ1) is 19.8. The second-order valence-electron chi connectivity index (χ2n) is 6.23. The van der Waals surface area contributed by atoms with Gasteiger partial charge in [-0.2, -0.15) is 0 Å². The number of anilines is 1. The molecule has 3 rings (SSSR count). The van der Waals surface area contributed by atoms with Crippen LogP contribution in [0.25, 0.3) is 0 Å². The summed E-state index contributed by atoms with van der Waals surface area (Å²) >= 11 is 5.98. The molecule has 0 radical (unpaired) electrons. The fourth-order valence-corrected chi connectivity index (χ4v) is 2.88. The first-order chi connectivity index (χ1) is 13.6. The molecule has 0 spiro atoms. The third-order valence-electron chi connectivity index (χ3n) is 4.12. The van der Waals surface area contributed by atoms with Crippen LogP contribution in [-0.4, -0.2) is 29.0 Å². The molecule has 0 bridgehead atoms. The van der Waals surface area contributed by atoms with E-state index < -0.39 is 0 Å². The number of carbonyl (C=O) groups excluding carboxylic acids is 1. The molecule has 0 aliphatic carbocycles. The predicted molar refractivity (Wildman–Crippen MR) is 108 cm³/mol. The van der Waals surface area contributed by atoms with Crippen LogP contribution in [0.4, 0.5) is 10.2 Å². The minimum atomic E-state index is -0.276. The van der Waals surface area contributed by atoms with E-state index in [1.54, 1.807) is 18.2 Å². The quantitative estimate of drug-likeness (QED) is 0.604. The Kier molecular flexibility index (Phi) is 6.92. The molecule has 0 aliphatic rings. The van der Waals surface area contributed by atoms with Crippen molar-refractivity contribution in [1.29, 1.82) is 0 Å². The van der Waals surface area contributed by atoms with E-state index in [1.165, 1.54) is 18.5 Å². The van der Waals surface area contributed by atoms with Crippen LogP contribution in [0.15, 0.2) is 60.9 Å². The number of halogens is 2. The fourth-order valence-electron chi connectivity index (χ4n) is 2.67. The summed E-state index contributed by atoms with van der Waals surface area (Å²) in [6, 6.07) is 15.5. The lowest BCUT2D eigenvalue weighted by Crippen LogP contribution is -2.26. The molecule has 2 aromatic carbocycles. The van der Waals surface area contributed by atoms with E-state index in [4.69, 9.17) is 11.6 Å². The average Bonchev–Trinajstić information content (AvgIpc) is 2.70. The molecule has 1 heterocycles. The summed E-state index contributed by atoms with van der Waals surface area (Å²) < 4.78 is 12.9. The molecule has 28 heavy (non-hydrogen) atoms. The van der Waals surface area contributed by atoms with Crippen LogP contribution in [0.5, 0.6) is 0 Å². The summed E-state index contributed by atoms with van der Waals surface area (Å²) in [7, 11) is 0. The minimum absolute atomic E-state index is 0.274. The molecule has 1 amide bonds. The van der Waals surface area contributed by atoms with Crippen molar-refractivity contribution >= 4 is 23.3 Å². The molecular weight excluding hydrogens is 379 g/mol. The number of nitrogens with zero attached hydrogens (tertiary/aromatic N) is 2. The first-order valence-corrected chi connectivity index (χ1v) is 9.31. The van der Waals surface area contributed by atoms with E-state index in [9.17, 15) is 9.18 Å². The number of hydrogen-bond donors (Lipinski definition) is 2. The lowest BCUT2D eigenvalue weighted by molar-refractivity contribution is 0.0949. The van der Waals surface area contributed by atoms with Crippen LogP contribution in [0.2, 0.25) is 5.02 Å². The predicted octanol–water partition coefficient (Wildman–Crippen LogP) is 3.90. The molecule has 7 heteroatoms. The maximum atomic E-state index is 12.9. The van der Waals surface area contributed by atoms with Gasteiger partial charge in [0.2, 0.25) is 0 Å². The van der Waals surface area contributed by atoms with E-state index in [0.29, 0.717) is 36.0 Å². The molecule has 0 fully saturated rings. The number of rotatable bonds is 8. The number of carbonyl (C=O) groups is 1. The second kappa shape index (κ2) is 9.80. The van der Waals surface area contributed by atoms with Crippen molar-refractivity contribution in [2.75, 3.05) is 18.4 Å². The Morgan fingerprint density at radius 1 is 0.964 bits per heavy atom. The maximum Gasteiger partial charge on any atom is 0.270 e. The summed E-state index contributed by atoms with van der Waals surface area (Å²) in [4.78, 5) is 20.4. The summed E-state index contributed by atoms with van der Waals surface area (Å²) in [6.45, 7) is 1.09. The lowest BCUT2D eigenvalue weighted by atomic mass is 10.1. The maximum absolute atomic E-state index is 12.9. The first-order valence-electron chi connectivity index (χ1n) is 8.93. The molecule has 0 saturated heterocycles. The number of benzene rings is 2. The zero-order valence-electron chi connectivity index (χ0n) is 15.2. The van der Waals surface area contributed by atoms with Crippen LogP contribution in [0.3, 0.4) is 0 Å². The number of amides is 1. The molecule has 0 unspecified atom stereocenters. The lowest BCUT2D eigenvalue weighted by Gasteiger charge is -2.08. The van der Waals surface area contributed by atoms with Gasteiger partial charge in [-0.3, -0.25) is 4.79 Å². The standard InChI is InChI=1S/C21H20ClFN4O/c22-17-3-1-2-16(12-17)9-10-24-20-13-19(26-14-27-20)21(28)25-11-8-15-4-6-18(23)7-5-15/h1-7,12-14H,8-11H2,(H,25,28)(H,24,26,27). The Morgan fingerprint density at radius 2 is 1.75 bits per heavy atom. The molecule has 5 nitrogen and oxygen atoms in total. The normalized spacial score (nSPS) is 10.5. The highest BCUT2D eigenvalue weighted by Crippen LogP contribution is 2.11. The van der Waals surface area contributed by atoms with Crippen LogP contribution in [-0.2, 0) is 12.8 Å². The number of hydrogen-bond acceptors (Lipinski definition) is 4. The van der Waals surface area contributed by atoms with E-state index in [2.05, 4.69) is 20.6 Å². The Hall–Kier alpha value is -2.99. The molecule has 0 atom stereocenters. The van der Waals surface area contributed by atoms with Crippen molar-refractivity contribution in [3.63, 3.8) is 0 Å². The van der Waals surface area contributed by atoms with Crippen molar-refractivity contribution < 1.29 is 9.18 Å². The van der Waals surface area contributed by atoms with Crippen molar-refractivity contribution in [1.82, 2.24) is 15.3 Å². The molecule has 0 aliphatic heterocycles. The van der Waals surface area contributed by atoms with Crippen molar-refractivity contribution in [2.45, 2.75) is 12.8 Å². The largest absolute Gasteiger partial charge is 0.370 e. The zero-order chi connectivity index (χ0) is 19.8. The average molecular weight is 399 g/mol. The van der Waals surface area contributed by atoms with Gasteiger partial charge >= 0.3 is 0 Å². The van der Waals surface area contributed by atoms with E-state index >= 15 is 0 Å². The van der Waals surface area contributed by atoms with Gasteiger partial charge in [0, 0.05) is 24.2 Å². The summed E-state index contributed by atoms with van der Waals surface area (Å²) in [5.41, 5.74) is 2.36. The molecule has 144 valence electrons. The third kappa shape index (κ3) is 6.03. The van der Waals surface area contributed by atoms with Crippen LogP contribution < -0.4 is 10.6 Å².